The Labute approximate surface area is 145 Å². The number of fused-ring (bicyclic) bond motifs is 3. The number of rotatable bonds is 3. The van der Waals surface area contributed by atoms with Crippen molar-refractivity contribution < 1.29 is 4.74 Å². The van der Waals surface area contributed by atoms with E-state index in [1.807, 2.05) is 26.0 Å². The first kappa shape index (κ1) is 15.2. The van der Waals surface area contributed by atoms with Gasteiger partial charge in [0.05, 0.1) is 22.0 Å². The Morgan fingerprint density at radius 1 is 1.04 bits per heavy atom. The highest BCUT2D eigenvalue weighted by Crippen LogP contribution is 2.31. The maximum absolute atomic E-state index is 5.71. The molecule has 0 amide bonds. The summed E-state index contributed by atoms with van der Waals surface area (Å²) in [5.74, 6) is 0.895. The maximum Gasteiger partial charge on any atom is 0.195 e. The number of hydrogen-bond acceptors (Lipinski definition) is 3. The number of ether oxygens (including phenoxy) is 1. The molecule has 0 fully saturated rings. The van der Waals surface area contributed by atoms with E-state index in [1.165, 1.54) is 21.3 Å². The topological polar surface area (TPSA) is 26.5 Å². The summed E-state index contributed by atoms with van der Waals surface area (Å²) < 4.78 is 9.19. The lowest BCUT2D eigenvalue weighted by Crippen LogP contribution is -2.05. The van der Waals surface area contributed by atoms with Gasteiger partial charge in [0.1, 0.15) is 5.75 Å². The number of aromatic nitrogens is 2. The van der Waals surface area contributed by atoms with Crippen LogP contribution in [0.25, 0.3) is 26.4 Å². The molecule has 0 aliphatic carbocycles. The van der Waals surface area contributed by atoms with Crippen LogP contribution in [0.15, 0.2) is 42.6 Å². The van der Waals surface area contributed by atoms with Crippen LogP contribution in [0.2, 0.25) is 0 Å². The molecule has 2 heterocycles. The number of nitrogens with zero attached hydrogens (tertiary/aromatic N) is 2. The summed E-state index contributed by atoms with van der Waals surface area (Å²) in [6.45, 7) is 8.38. The lowest BCUT2D eigenvalue weighted by atomic mass is 10.1. The predicted molar refractivity (Wildman–Crippen MR) is 101 cm³/mol. The van der Waals surface area contributed by atoms with Gasteiger partial charge in [0.15, 0.2) is 4.96 Å². The van der Waals surface area contributed by atoms with Crippen molar-refractivity contribution in [2.75, 3.05) is 0 Å². The van der Waals surface area contributed by atoms with Crippen LogP contribution in [0.1, 0.15) is 25.0 Å². The lowest BCUT2D eigenvalue weighted by molar-refractivity contribution is 0.242. The molecular formula is C20H20N2OS. The van der Waals surface area contributed by atoms with Gasteiger partial charge in [0.2, 0.25) is 0 Å². The van der Waals surface area contributed by atoms with Crippen molar-refractivity contribution in [3.63, 3.8) is 0 Å². The van der Waals surface area contributed by atoms with Gasteiger partial charge in [0, 0.05) is 11.8 Å². The summed E-state index contributed by atoms with van der Waals surface area (Å²) in [7, 11) is 0. The van der Waals surface area contributed by atoms with Crippen molar-refractivity contribution >= 4 is 26.5 Å². The van der Waals surface area contributed by atoms with E-state index >= 15 is 0 Å². The molecule has 0 spiro atoms. The number of hydrogen-bond donors (Lipinski definition) is 0. The van der Waals surface area contributed by atoms with Crippen LogP contribution in [-0.2, 0) is 0 Å². The molecule has 0 aliphatic rings. The van der Waals surface area contributed by atoms with Gasteiger partial charge >= 0.3 is 0 Å². The largest absolute Gasteiger partial charge is 0.491 e. The van der Waals surface area contributed by atoms with Crippen molar-refractivity contribution in [1.82, 2.24) is 9.38 Å². The summed E-state index contributed by atoms with van der Waals surface area (Å²) in [6, 6.07) is 12.7. The Morgan fingerprint density at radius 2 is 1.75 bits per heavy atom. The highest BCUT2D eigenvalue weighted by molar-refractivity contribution is 7.23. The van der Waals surface area contributed by atoms with Crippen molar-refractivity contribution in [2.45, 2.75) is 33.8 Å². The second-order valence-electron chi connectivity index (χ2n) is 6.48. The molecule has 0 aliphatic heterocycles. The molecule has 0 unspecified atom stereocenters. The Kier molecular flexibility index (Phi) is 3.57. The van der Waals surface area contributed by atoms with E-state index in [0.29, 0.717) is 0 Å². The molecule has 3 nitrogen and oxygen atoms in total. The van der Waals surface area contributed by atoms with E-state index in [-0.39, 0.29) is 6.10 Å². The fourth-order valence-corrected chi connectivity index (χ4v) is 3.95. The number of imidazole rings is 1. The fraction of sp³-hybridized carbons (Fsp3) is 0.250. The van der Waals surface area contributed by atoms with Crippen molar-refractivity contribution in [3.8, 4) is 17.0 Å². The average molecular weight is 336 g/mol. The van der Waals surface area contributed by atoms with E-state index < -0.39 is 0 Å². The highest BCUT2D eigenvalue weighted by atomic mass is 32.1. The zero-order chi connectivity index (χ0) is 16.8. The van der Waals surface area contributed by atoms with Crippen LogP contribution in [0.3, 0.4) is 0 Å². The van der Waals surface area contributed by atoms with Crippen molar-refractivity contribution in [1.29, 1.82) is 0 Å². The summed E-state index contributed by atoms with van der Waals surface area (Å²) >= 11 is 1.74. The van der Waals surface area contributed by atoms with E-state index in [1.54, 1.807) is 11.3 Å². The molecule has 0 N–H and O–H groups in total. The SMILES string of the molecule is Cc1cc2sc3nc(-c4ccc(OC(C)C)cc4)cn3c2cc1C. The van der Waals surface area contributed by atoms with E-state index in [4.69, 9.17) is 9.72 Å². The molecule has 2 aromatic heterocycles. The minimum absolute atomic E-state index is 0.187. The molecule has 4 aromatic rings. The molecule has 0 atom stereocenters. The third kappa shape index (κ3) is 2.57. The second kappa shape index (κ2) is 5.64. The van der Waals surface area contributed by atoms with Gasteiger partial charge in [0.25, 0.3) is 0 Å². The zero-order valence-corrected chi connectivity index (χ0v) is 15.1. The van der Waals surface area contributed by atoms with Gasteiger partial charge in [-0.1, -0.05) is 11.3 Å². The number of thiazole rings is 1. The van der Waals surface area contributed by atoms with Gasteiger partial charge in [-0.05, 0) is 75.2 Å². The van der Waals surface area contributed by atoms with Gasteiger partial charge in [-0.15, -0.1) is 0 Å². The molecule has 4 rings (SSSR count). The normalized spacial score (nSPS) is 11.7. The molecule has 0 radical (unpaired) electrons. The maximum atomic E-state index is 5.71. The summed E-state index contributed by atoms with van der Waals surface area (Å²) in [5.41, 5.74) is 5.98. The van der Waals surface area contributed by atoms with E-state index in [2.05, 4.69) is 48.7 Å². The molecule has 2 aromatic carbocycles. The van der Waals surface area contributed by atoms with Crippen LogP contribution in [0, 0.1) is 13.8 Å². The summed E-state index contributed by atoms with van der Waals surface area (Å²) in [5, 5.41) is 0. The summed E-state index contributed by atoms with van der Waals surface area (Å²) in [4.78, 5) is 5.85. The van der Waals surface area contributed by atoms with E-state index in [9.17, 15) is 0 Å². The Balaban J connectivity index is 1.76. The third-order valence-corrected chi connectivity index (χ3v) is 5.25. The molecule has 122 valence electrons. The molecule has 24 heavy (non-hydrogen) atoms. The highest BCUT2D eigenvalue weighted by Gasteiger charge is 2.11. The number of benzene rings is 2. The third-order valence-electron chi connectivity index (χ3n) is 4.23. The molecule has 0 saturated carbocycles. The first-order valence-corrected chi connectivity index (χ1v) is 8.99. The Bertz CT molecular complexity index is 1030. The molecule has 4 heteroatoms. The molecule has 0 bridgehead atoms. The minimum atomic E-state index is 0.187. The van der Waals surface area contributed by atoms with Gasteiger partial charge in [-0.2, -0.15) is 0 Å². The van der Waals surface area contributed by atoms with Crippen LogP contribution in [0.5, 0.6) is 5.75 Å². The first-order valence-electron chi connectivity index (χ1n) is 8.17. The Hall–Kier alpha value is -2.33. The van der Waals surface area contributed by atoms with Gasteiger partial charge in [-0.3, -0.25) is 4.40 Å². The smallest absolute Gasteiger partial charge is 0.195 e. The van der Waals surface area contributed by atoms with Crippen LogP contribution in [-0.4, -0.2) is 15.5 Å². The average Bonchev–Trinajstić information content (AvgIpc) is 3.07. The van der Waals surface area contributed by atoms with E-state index in [0.717, 1.165) is 22.0 Å². The predicted octanol–water partition coefficient (Wildman–Crippen LogP) is 5.62. The van der Waals surface area contributed by atoms with Crippen molar-refractivity contribution in [3.05, 3.63) is 53.7 Å². The zero-order valence-electron chi connectivity index (χ0n) is 14.3. The van der Waals surface area contributed by atoms with Crippen LogP contribution >= 0.6 is 11.3 Å². The standard InChI is InChI=1S/C20H20N2OS/c1-12(2)23-16-7-5-15(6-8-16)17-11-22-18-9-13(3)14(4)10-19(18)24-20(22)21-17/h5-12H,1-4H3. The lowest BCUT2D eigenvalue weighted by Gasteiger charge is -2.09. The molecule has 0 saturated heterocycles. The number of aryl methyl sites for hydroxylation is 2. The fourth-order valence-electron chi connectivity index (χ4n) is 2.87. The van der Waals surface area contributed by atoms with Gasteiger partial charge < -0.3 is 4.74 Å². The van der Waals surface area contributed by atoms with Gasteiger partial charge in [-0.25, -0.2) is 4.98 Å². The first-order chi connectivity index (χ1) is 11.5. The van der Waals surface area contributed by atoms with Crippen molar-refractivity contribution in [2.24, 2.45) is 0 Å². The second-order valence-corrected chi connectivity index (χ2v) is 7.49. The quantitative estimate of drug-likeness (QED) is 0.485. The van der Waals surface area contributed by atoms with Crippen LogP contribution < -0.4 is 4.74 Å². The molecular weight excluding hydrogens is 316 g/mol. The minimum Gasteiger partial charge on any atom is -0.491 e. The monoisotopic (exact) mass is 336 g/mol. The summed E-state index contributed by atoms with van der Waals surface area (Å²) in [6.07, 6.45) is 2.31. The van der Waals surface area contributed by atoms with Crippen LogP contribution in [0.4, 0.5) is 0 Å². The Morgan fingerprint density at radius 3 is 2.46 bits per heavy atom.